The molecule has 1 unspecified atom stereocenters. The van der Waals surface area contributed by atoms with Crippen molar-refractivity contribution in [1.82, 2.24) is 4.90 Å². The van der Waals surface area contributed by atoms with Gasteiger partial charge in [0.2, 0.25) is 12.7 Å². The van der Waals surface area contributed by atoms with Gasteiger partial charge in [0.05, 0.1) is 13.0 Å². The minimum absolute atomic E-state index is 0.117. The molecule has 0 saturated carbocycles. The van der Waals surface area contributed by atoms with E-state index in [0.29, 0.717) is 19.6 Å². The van der Waals surface area contributed by atoms with Gasteiger partial charge in [-0.2, -0.15) is 0 Å². The maximum Gasteiger partial charge on any atom is 0.231 e. The second-order valence-corrected chi connectivity index (χ2v) is 6.46. The Morgan fingerprint density at radius 1 is 1.16 bits per heavy atom. The highest BCUT2D eigenvalue weighted by Gasteiger charge is 2.29. The summed E-state index contributed by atoms with van der Waals surface area (Å²) in [6, 6.07) is 13.8. The number of fused-ring (bicyclic) bond motifs is 2. The molecule has 2 aromatic carbocycles. The molecule has 130 valence electrons. The van der Waals surface area contributed by atoms with Gasteiger partial charge < -0.3 is 19.1 Å². The molecule has 2 heterocycles. The second kappa shape index (κ2) is 6.67. The summed E-state index contributed by atoms with van der Waals surface area (Å²) in [5.41, 5.74) is 2.38. The molecule has 4 rings (SSSR count). The largest absolute Gasteiger partial charge is 0.493 e. The van der Waals surface area contributed by atoms with E-state index in [-0.39, 0.29) is 18.7 Å². The zero-order valence-corrected chi connectivity index (χ0v) is 14.2. The third kappa shape index (κ3) is 3.27. The summed E-state index contributed by atoms with van der Waals surface area (Å²) < 4.78 is 16.6. The van der Waals surface area contributed by atoms with E-state index in [1.54, 1.807) is 0 Å². The van der Waals surface area contributed by atoms with Crippen LogP contribution in [0.4, 0.5) is 0 Å². The Kier molecular flexibility index (Phi) is 4.22. The zero-order valence-electron chi connectivity index (χ0n) is 14.2. The third-order valence-corrected chi connectivity index (χ3v) is 4.73. The van der Waals surface area contributed by atoms with Crippen molar-refractivity contribution in [2.75, 3.05) is 13.4 Å². The van der Waals surface area contributed by atoms with E-state index in [1.807, 2.05) is 41.3 Å². The average molecular weight is 339 g/mol. The molecule has 0 radical (unpaired) electrons. The van der Waals surface area contributed by atoms with E-state index in [1.165, 1.54) is 5.56 Å². The fourth-order valence-electron chi connectivity index (χ4n) is 3.38. The topological polar surface area (TPSA) is 48.0 Å². The molecule has 1 atom stereocenters. The Balaban J connectivity index is 1.40. The van der Waals surface area contributed by atoms with E-state index in [2.05, 4.69) is 13.0 Å². The van der Waals surface area contributed by atoms with Crippen LogP contribution in [-0.4, -0.2) is 30.2 Å². The number of amides is 1. The van der Waals surface area contributed by atoms with Crippen molar-refractivity contribution in [3.05, 3.63) is 53.6 Å². The van der Waals surface area contributed by atoms with Crippen molar-refractivity contribution in [2.24, 2.45) is 0 Å². The van der Waals surface area contributed by atoms with Gasteiger partial charge in [-0.15, -0.1) is 0 Å². The monoisotopic (exact) mass is 339 g/mol. The highest BCUT2D eigenvalue weighted by molar-refractivity contribution is 5.77. The lowest BCUT2D eigenvalue weighted by Gasteiger charge is -2.35. The Morgan fingerprint density at radius 2 is 1.88 bits per heavy atom. The van der Waals surface area contributed by atoms with Crippen LogP contribution in [0.25, 0.3) is 0 Å². The molecular formula is C20H21NO4. The fraction of sp³-hybridized carbons (Fsp3) is 0.350. The molecule has 0 saturated heterocycles. The number of hydrogen-bond acceptors (Lipinski definition) is 4. The van der Waals surface area contributed by atoms with Crippen molar-refractivity contribution in [3.63, 3.8) is 0 Å². The molecule has 0 fully saturated rings. The molecule has 5 nitrogen and oxygen atoms in total. The van der Waals surface area contributed by atoms with Gasteiger partial charge in [-0.3, -0.25) is 4.79 Å². The maximum absolute atomic E-state index is 12.6. The predicted octanol–water partition coefficient (Wildman–Crippen LogP) is 3.16. The van der Waals surface area contributed by atoms with Crippen LogP contribution in [0.15, 0.2) is 42.5 Å². The molecule has 2 aromatic rings. The summed E-state index contributed by atoms with van der Waals surface area (Å²) in [6.07, 6.45) is 1.20. The first kappa shape index (κ1) is 15.8. The summed E-state index contributed by atoms with van der Waals surface area (Å²) in [5, 5.41) is 0. The Hall–Kier alpha value is -2.69. The van der Waals surface area contributed by atoms with E-state index < -0.39 is 0 Å². The highest BCUT2D eigenvalue weighted by atomic mass is 16.7. The standard InChI is InChI=1S/C20H21NO4/c1-14-9-15-10-18-19(25-13-24-18)11-16(15)12-21(14)20(22)7-8-23-17-5-3-2-4-6-17/h2-6,10-11,14H,7-9,12-13H2,1H3. The summed E-state index contributed by atoms with van der Waals surface area (Å²) in [6.45, 7) is 3.36. The van der Waals surface area contributed by atoms with E-state index in [0.717, 1.165) is 29.2 Å². The van der Waals surface area contributed by atoms with Crippen LogP contribution in [0.1, 0.15) is 24.5 Å². The van der Waals surface area contributed by atoms with Crippen molar-refractivity contribution >= 4 is 5.91 Å². The van der Waals surface area contributed by atoms with Crippen LogP contribution in [0, 0.1) is 0 Å². The van der Waals surface area contributed by atoms with Gasteiger partial charge in [-0.05, 0) is 48.7 Å². The molecule has 0 bridgehead atoms. The first-order valence-corrected chi connectivity index (χ1v) is 8.59. The molecule has 2 aliphatic heterocycles. The molecule has 0 aliphatic carbocycles. The van der Waals surface area contributed by atoms with Gasteiger partial charge in [-0.1, -0.05) is 18.2 Å². The van der Waals surface area contributed by atoms with Crippen LogP contribution in [0.5, 0.6) is 17.2 Å². The van der Waals surface area contributed by atoms with Crippen molar-refractivity contribution < 1.29 is 19.0 Å². The third-order valence-electron chi connectivity index (χ3n) is 4.73. The van der Waals surface area contributed by atoms with Crippen LogP contribution in [-0.2, 0) is 17.8 Å². The van der Waals surface area contributed by atoms with Gasteiger partial charge in [-0.25, -0.2) is 0 Å². The predicted molar refractivity (Wildman–Crippen MR) is 92.8 cm³/mol. The first-order chi connectivity index (χ1) is 12.2. The minimum Gasteiger partial charge on any atom is -0.493 e. The summed E-state index contributed by atoms with van der Waals surface area (Å²) in [5.74, 6) is 2.49. The van der Waals surface area contributed by atoms with Crippen molar-refractivity contribution in [3.8, 4) is 17.2 Å². The number of rotatable bonds is 4. The van der Waals surface area contributed by atoms with Gasteiger partial charge in [0.1, 0.15) is 5.75 Å². The Bertz CT molecular complexity index is 775. The number of hydrogen-bond donors (Lipinski definition) is 0. The molecule has 25 heavy (non-hydrogen) atoms. The van der Waals surface area contributed by atoms with E-state index in [9.17, 15) is 4.79 Å². The first-order valence-electron chi connectivity index (χ1n) is 8.59. The normalized spacial score (nSPS) is 18.0. The molecule has 0 aromatic heterocycles. The van der Waals surface area contributed by atoms with Crippen LogP contribution in [0.3, 0.4) is 0 Å². The summed E-state index contributed by atoms with van der Waals surface area (Å²) >= 11 is 0. The van der Waals surface area contributed by atoms with Crippen LogP contribution >= 0.6 is 0 Å². The van der Waals surface area contributed by atoms with Crippen molar-refractivity contribution in [1.29, 1.82) is 0 Å². The van der Waals surface area contributed by atoms with Crippen molar-refractivity contribution in [2.45, 2.75) is 32.4 Å². The van der Waals surface area contributed by atoms with Gasteiger partial charge >= 0.3 is 0 Å². The Labute approximate surface area is 147 Å². The van der Waals surface area contributed by atoms with Crippen LogP contribution < -0.4 is 14.2 Å². The molecule has 2 aliphatic rings. The molecule has 5 heteroatoms. The second-order valence-electron chi connectivity index (χ2n) is 6.46. The average Bonchev–Trinajstić information content (AvgIpc) is 3.07. The highest BCUT2D eigenvalue weighted by Crippen LogP contribution is 2.37. The van der Waals surface area contributed by atoms with E-state index in [4.69, 9.17) is 14.2 Å². The lowest BCUT2D eigenvalue weighted by molar-refractivity contribution is -0.134. The number of benzene rings is 2. The molecular weight excluding hydrogens is 318 g/mol. The number of nitrogens with zero attached hydrogens (tertiary/aromatic N) is 1. The lowest BCUT2D eigenvalue weighted by Crippen LogP contribution is -2.43. The number of para-hydroxylation sites is 1. The Morgan fingerprint density at radius 3 is 2.64 bits per heavy atom. The van der Waals surface area contributed by atoms with Gasteiger partial charge in [0.15, 0.2) is 11.5 Å². The molecule has 1 amide bonds. The smallest absolute Gasteiger partial charge is 0.231 e. The van der Waals surface area contributed by atoms with Crippen LogP contribution in [0.2, 0.25) is 0 Å². The zero-order chi connectivity index (χ0) is 17.2. The quantitative estimate of drug-likeness (QED) is 0.858. The lowest BCUT2D eigenvalue weighted by atomic mass is 9.94. The fourth-order valence-corrected chi connectivity index (χ4v) is 3.38. The SMILES string of the molecule is CC1Cc2cc3c(cc2CN1C(=O)CCOc1ccccc1)OCO3. The molecule has 0 N–H and O–H groups in total. The van der Waals surface area contributed by atoms with E-state index >= 15 is 0 Å². The van der Waals surface area contributed by atoms with Gasteiger partial charge in [0, 0.05) is 12.6 Å². The number of carbonyl (C=O) groups is 1. The maximum atomic E-state index is 12.6. The van der Waals surface area contributed by atoms with Gasteiger partial charge in [0.25, 0.3) is 0 Å². The minimum atomic E-state index is 0.117. The number of ether oxygens (including phenoxy) is 3. The summed E-state index contributed by atoms with van der Waals surface area (Å²) in [4.78, 5) is 14.6. The number of carbonyl (C=O) groups excluding carboxylic acids is 1. The summed E-state index contributed by atoms with van der Waals surface area (Å²) in [7, 11) is 0. The molecule has 0 spiro atoms.